The van der Waals surface area contributed by atoms with Gasteiger partial charge in [-0.2, -0.15) is 0 Å². The van der Waals surface area contributed by atoms with Crippen LogP contribution in [0.3, 0.4) is 0 Å². The fourth-order valence-corrected chi connectivity index (χ4v) is 6.64. The molecule has 1 atom stereocenters. The molecule has 0 aromatic heterocycles. The SMILES string of the molecule is CCOc1ccc(N(CC(=O)N(Cc2ccc(Br)cc2)C(Cc2ccccc2)C(=O)NC(C)C)S(=O)(=O)c2ccc(C)cc2)cc1. The normalized spacial score (nSPS) is 12.0. The van der Waals surface area contributed by atoms with Gasteiger partial charge in [-0.05, 0) is 87.4 Å². The Morgan fingerprint density at radius 1 is 0.848 bits per heavy atom. The van der Waals surface area contributed by atoms with Crippen molar-refractivity contribution in [2.45, 2.75) is 57.6 Å². The van der Waals surface area contributed by atoms with Crippen LogP contribution in [-0.4, -0.2) is 50.4 Å². The molecule has 4 aromatic carbocycles. The second-order valence-electron chi connectivity index (χ2n) is 11.3. The van der Waals surface area contributed by atoms with Crippen LogP contribution in [0.4, 0.5) is 5.69 Å². The molecule has 0 saturated carbocycles. The second-order valence-corrected chi connectivity index (χ2v) is 14.0. The van der Waals surface area contributed by atoms with Crippen molar-refractivity contribution in [1.29, 1.82) is 0 Å². The molecule has 0 saturated heterocycles. The van der Waals surface area contributed by atoms with Crippen LogP contribution in [0.15, 0.2) is 112 Å². The Hall–Kier alpha value is -4.15. The van der Waals surface area contributed by atoms with Crippen LogP contribution in [0.25, 0.3) is 0 Å². The number of nitrogens with zero attached hydrogens (tertiary/aromatic N) is 2. The molecular weight excluding hydrogens is 666 g/mol. The van der Waals surface area contributed by atoms with Gasteiger partial charge in [0.1, 0.15) is 18.3 Å². The second kappa shape index (κ2) is 15.9. The standard InChI is InChI=1S/C36H40BrN3O5S/c1-5-45-32-19-17-31(18-20-32)40(46(43,44)33-21-11-27(4)12-22-33)25-35(41)39(24-29-13-15-30(37)16-14-29)34(36(42)38-26(2)3)23-28-9-7-6-8-10-28/h6-22,26,34H,5,23-25H2,1-4H3,(H,38,42). The molecule has 46 heavy (non-hydrogen) atoms. The van der Waals surface area contributed by atoms with E-state index in [4.69, 9.17) is 4.74 Å². The quantitative estimate of drug-likeness (QED) is 0.161. The molecule has 1 N–H and O–H groups in total. The first kappa shape index (κ1) is 34.7. The van der Waals surface area contributed by atoms with E-state index >= 15 is 0 Å². The average Bonchev–Trinajstić information content (AvgIpc) is 3.03. The zero-order chi connectivity index (χ0) is 33.3. The number of halogens is 1. The van der Waals surface area contributed by atoms with Gasteiger partial charge in [0.2, 0.25) is 11.8 Å². The molecule has 0 fully saturated rings. The lowest BCUT2D eigenvalue weighted by Gasteiger charge is -2.34. The minimum Gasteiger partial charge on any atom is -0.494 e. The monoisotopic (exact) mass is 705 g/mol. The number of carbonyl (C=O) groups excluding carboxylic acids is 2. The molecule has 10 heteroatoms. The summed E-state index contributed by atoms with van der Waals surface area (Å²) in [5.74, 6) is -0.263. The van der Waals surface area contributed by atoms with Gasteiger partial charge in [0.25, 0.3) is 10.0 Å². The van der Waals surface area contributed by atoms with Crippen LogP contribution in [-0.2, 0) is 32.6 Å². The molecule has 2 amide bonds. The topological polar surface area (TPSA) is 96.0 Å². The van der Waals surface area contributed by atoms with Crippen LogP contribution >= 0.6 is 15.9 Å². The third kappa shape index (κ3) is 9.20. The van der Waals surface area contributed by atoms with E-state index in [0.717, 1.165) is 25.5 Å². The Labute approximate surface area is 280 Å². The highest BCUT2D eigenvalue weighted by Crippen LogP contribution is 2.27. The molecule has 8 nitrogen and oxygen atoms in total. The molecule has 1 unspecified atom stereocenters. The highest BCUT2D eigenvalue weighted by Gasteiger charge is 2.34. The van der Waals surface area contributed by atoms with Crippen molar-refractivity contribution < 1.29 is 22.7 Å². The summed E-state index contributed by atoms with van der Waals surface area (Å²) in [4.78, 5) is 29.9. The Balaban J connectivity index is 1.80. The van der Waals surface area contributed by atoms with Crippen molar-refractivity contribution in [1.82, 2.24) is 10.2 Å². The third-order valence-corrected chi connectivity index (χ3v) is 9.61. The Morgan fingerprint density at radius 2 is 1.48 bits per heavy atom. The van der Waals surface area contributed by atoms with E-state index in [2.05, 4.69) is 21.2 Å². The summed E-state index contributed by atoms with van der Waals surface area (Å²) in [5.41, 5.74) is 2.87. The first-order valence-electron chi connectivity index (χ1n) is 15.2. The number of aryl methyl sites for hydroxylation is 1. The van der Waals surface area contributed by atoms with Crippen LogP contribution < -0.4 is 14.4 Å². The van der Waals surface area contributed by atoms with Crippen molar-refractivity contribution >= 4 is 43.5 Å². The van der Waals surface area contributed by atoms with Gasteiger partial charge in [-0.1, -0.05) is 76.1 Å². The van der Waals surface area contributed by atoms with E-state index < -0.39 is 28.5 Å². The van der Waals surface area contributed by atoms with Gasteiger partial charge in [0.15, 0.2) is 0 Å². The minimum absolute atomic E-state index is 0.0534. The fourth-order valence-electron chi connectivity index (χ4n) is 4.96. The summed E-state index contributed by atoms with van der Waals surface area (Å²) >= 11 is 3.46. The van der Waals surface area contributed by atoms with E-state index in [0.29, 0.717) is 18.0 Å². The zero-order valence-corrected chi connectivity index (χ0v) is 28.9. The summed E-state index contributed by atoms with van der Waals surface area (Å²) < 4.78 is 35.9. The van der Waals surface area contributed by atoms with Crippen molar-refractivity contribution in [3.8, 4) is 5.75 Å². The van der Waals surface area contributed by atoms with Crippen molar-refractivity contribution in [3.63, 3.8) is 0 Å². The van der Waals surface area contributed by atoms with E-state index in [1.165, 1.54) is 17.0 Å². The van der Waals surface area contributed by atoms with Crippen LogP contribution in [0.5, 0.6) is 5.75 Å². The van der Waals surface area contributed by atoms with Gasteiger partial charge in [-0.3, -0.25) is 13.9 Å². The number of carbonyl (C=O) groups is 2. The molecule has 242 valence electrons. The number of amides is 2. The number of ether oxygens (including phenoxy) is 1. The summed E-state index contributed by atoms with van der Waals surface area (Å²) in [6.45, 7) is 7.48. The molecule has 4 rings (SSSR count). The first-order valence-corrected chi connectivity index (χ1v) is 17.4. The largest absolute Gasteiger partial charge is 0.494 e. The molecule has 0 heterocycles. The molecule has 0 bridgehead atoms. The summed E-state index contributed by atoms with van der Waals surface area (Å²) in [5, 5.41) is 2.97. The first-order chi connectivity index (χ1) is 22.0. The predicted molar refractivity (Wildman–Crippen MR) is 185 cm³/mol. The maximum atomic E-state index is 14.5. The molecule has 0 spiro atoms. The number of sulfonamides is 1. The highest BCUT2D eigenvalue weighted by atomic mass is 79.9. The summed E-state index contributed by atoms with van der Waals surface area (Å²) in [6.07, 6.45) is 0.245. The predicted octanol–water partition coefficient (Wildman–Crippen LogP) is 6.52. The lowest BCUT2D eigenvalue weighted by Crippen LogP contribution is -2.54. The van der Waals surface area contributed by atoms with Crippen LogP contribution in [0, 0.1) is 6.92 Å². The number of benzene rings is 4. The Bertz CT molecular complexity index is 1700. The molecule has 0 aliphatic rings. The highest BCUT2D eigenvalue weighted by molar-refractivity contribution is 9.10. The average molecular weight is 707 g/mol. The fraction of sp³-hybridized carbons (Fsp3) is 0.278. The lowest BCUT2D eigenvalue weighted by molar-refractivity contribution is -0.140. The van der Waals surface area contributed by atoms with Gasteiger partial charge in [0, 0.05) is 23.5 Å². The number of nitrogens with one attached hydrogen (secondary N) is 1. The minimum atomic E-state index is -4.19. The van der Waals surface area contributed by atoms with Crippen molar-refractivity contribution in [3.05, 3.63) is 124 Å². The maximum absolute atomic E-state index is 14.5. The van der Waals surface area contributed by atoms with Crippen LogP contribution in [0.2, 0.25) is 0 Å². The van der Waals surface area contributed by atoms with E-state index in [-0.39, 0.29) is 29.8 Å². The number of rotatable bonds is 14. The van der Waals surface area contributed by atoms with Gasteiger partial charge < -0.3 is 15.0 Å². The number of hydrogen-bond acceptors (Lipinski definition) is 5. The summed E-state index contributed by atoms with van der Waals surface area (Å²) in [6, 6.07) is 29.0. The van der Waals surface area contributed by atoms with Crippen LogP contribution in [0.1, 0.15) is 37.5 Å². The van der Waals surface area contributed by atoms with Gasteiger partial charge in [-0.25, -0.2) is 8.42 Å². The molecule has 0 aliphatic heterocycles. The molecule has 4 aromatic rings. The van der Waals surface area contributed by atoms with Crippen molar-refractivity contribution in [2.24, 2.45) is 0 Å². The zero-order valence-electron chi connectivity index (χ0n) is 26.5. The third-order valence-electron chi connectivity index (χ3n) is 7.29. The maximum Gasteiger partial charge on any atom is 0.264 e. The van der Waals surface area contributed by atoms with Crippen molar-refractivity contribution in [2.75, 3.05) is 17.5 Å². The summed E-state index contributed by atoms with van der Waals surface area (Å²) in [7, 11) is -4.19. The van der Waals surface area contributed by atoms with Gasteiger partial charge in [0.05, 0.1) is 17.2 Å². The van der Waals surface area contributed by atoms with E-state index in [1.807, 2.05) is 82.3 Å². The van der Waals surface area contributed by atoms with Gasteiger partial charge >= 0.3 is 0 Å². The number of hydrogen-bond donors (Lipinski definition) is 1. The van der Waals surface area contributed by atoms with E-state index in [1.54, 1.807) is 36.4 Å². The Morgan fingerprint density at radius 3 is 2.07 bits per heavy atom. The lowest BCUT2D eigenvalue weighted by atomic mass is 10.0. The molecular formula is C36H40BrN3O5S. The Kier molecular flexibility index (Phi) is 12.0. The molecule has 0 radical (unpaired) electrons. The number of anilines is 1. The van der Waals surface area contributed by atoms with E-state index in [9.17, 15) is 18.0 Å². The smallest absolute Gasteiger partial charge is 0.264 e. The molecule has 0 aliphatic carbocycles. The van der Waals surface area contributed by atoms with Gasteiger partial charge in [-0.15, -0.1) is 0 Å².